The van der Waals surface area contributed by atoms with E-state index >= 15 is 0 Å². The Morgan fingerprint density at radius 2 is 2.33 bits per heavy atom. The van der Waals surface area contributed by atoms with Crippen LogP contribution in [-0.2, 0) is 0 Å². The third-order valence-corrected chi connectivity index (χ3v) is 1.09. The van der Waals surface area contributed by atoms with Crippen LogP contribution in [0, 0.1) is 11.3 Å². The van der Waals surface area contributed by atoms with Crippen LogP contribution in [0.2, 0.25) is 0 Å². The van der Waals surface area contributed by atoms with Crippen LogP contribution in [0.25, 0.3) is 0 Å². The van der Waals surface area contributed by atoms with Crippen LogP contribution in [0.15, 0.2) is 23.2 Å². The molecule has 3 heteroatoms. The molecule has 1 rings (SSSR count). The molecule has 0 amide bonds. The second kappa shape index (κ2) is 2.42. The van der Waals surface area contributed by atoms with Crippen LogP contribution in [0.5, 0.6) is 0 Å². The summed E-state index contributed by atoms with van der Waals surface area (Å²) in [7, 11) is 0. The fourth-order valence-corrected chi connectivity index (χ4v) is 0.567. The van der Waals surface area contributed by atoms with Gasteiger partial charge in [0, 0.05) is 6.20 Å². The predicted molar refractivity (Wildman–Crippen MR) is 34.8 cm³/mol. The Kier molecular flexibility index (Phi) is 1.61. The Bertz CT molecular complexity index is 234. The van der Waals surface area contributed by atoms with Crippen molar-refractivity contribution in [2.45, 2.75) is 4.90 Å². The van der Waals surface area contributed by atoms with E-state index in [2.05, 4.69) is 4.98 Å². The molecule has 0 unspecified atom stereocenters. The van der Waals surface area contributed by atoms with Crippen molar-refractivity contribution in [2.24, 2.45) is 0 Å². The number of nitrogens with zero attached hydrogens (tertiary/aromatic N) is 2. The normalized spacial score (nSPS) is 8.33. The van der Waals surface area contributed by atoms with E-state index in [0.717, 1.165) is 0 Å². The van der Waals surface area contributed by atoms with Crippen LogP contribution in [0.4, 0.5) is 0 Å². The summed E-state index contributed by atoms with van der Waals surface area (Å²) in [6.45, 7) is 0. The van der Waals surface area contributed by atoms with E-state index in [-0.39, 0.29) is 0 Å². The van der Waals surface area contributed by atoms with Gasteiger partial charge in [-0.2, -0.15) is 5.26 Å². The topological polar surface area (TPSA) is 36.7 Å². The van der Waals surface area contributed by atoms with E-state index in [0.29, 0.717) is 10.6 Å². The molecule has 0 N–H and O–H groups in total. The molecular weight excluding hydrogens is 132 g/mol. The minimum absolute atomic E-state index is 0.406. The summed E-state index contributed by atoms with van der Waals surface area (Å²) in [6, 6.07) is 5.18. The van der Waals surface area contributed by atoms with Gasteiger partial charge in [0.2, 0.25) is 0 Å². The van der Waals surface area contributed by atoms with Gasteiger partial charge in [0.25, 0.3) is 0 Å². The summed E-state index contributed by atoms with van der Waals surface area (Å²) < 4.78 is 0. The highest BCUT2D eigenvalue weighted by molar-refractivity contribution is 7.80. The smallest absolute Gasteiger partial charge is 0.140 e. The van der Waals surface area contributed by atoms with E-state index in [1.165, 1.54) is 6.20 Å². The molecule has 0 fully saturated rings. The van der Waals surface area contributed by atoms with E-state index in [9.17, 15) is 0 Å². The molecule has 0 saturated heterocycles. The fraction of sp³-hybridized carbons (Fsp3) is 0. The lowest BCUT2D eigenvalue weighted by molar-refractivity contribution is 1.20. The third-order valence-electron chi connectivity index (χ3n) is 0.851. The second-order valence-corrected chi connectivity index (χ2v) is 1.96. The Morgan fingerprint density at radius 3 is 2.78 bits per heavy atom. The minimum Gasteiger partial charge on any atom is -0.244 e. The zero-order chi connectivity index (χ0) is 6.69. The summed E-state index contributed by atoms with van der Waals surface area (Å²) in [5, 5.41) is 8.28. The van der Waals surface area contributed by atoms with Gasteiger partial charge in [-0.1, -0.05) is 12.6 Å². The lowest BCUT2D eigenvalue weighted by atomic mass is 10.4. The Balaban J connectivity index is 3.06. The molecule has 0 aliphatic rings. The molecule has 0 aromatic carbocycles. The lowest BCUT2D eigenvalue weighted by Gasteiger charge is -1.85. The SMILES string of the molecule is N#Cc1ccc([S])cn1. The molecule has 0 spiro atoms. The van der Waals surface area contributed by atoms with Gasteiger partial charge in [-0.25, -0.2) is 4.98 Å². The van der Waals surface area contributed by atoms with Gasteiger partial charge >= 0.3 is 0 Å². The zero-order valence-electron chi connectivity index (χ0n) is 4.53. The van der Waals surface area contributed by atoms with E-state index in [1.807, 2.05) is 6.07 Å². The maximum atomic E-state index is 8.28. The van der Waals surface area contributed by atoms with E-state index in [1.54, 1.807) is 12.1 Å². The highest BCUT2D eigenvalue weighted by atomic mass is 32.1. The van der Waals surface area contributed by atoms with Gasteiger partial charge < -0.3 is 0 Å². The summed E-state index contributed by atoms with van der Waals surface area (Å²) in [5.74, 6) is 0. The lowest BCUT2D eigenvalue weighted by Crippen LogP contribution is -1.78. The van der Waals surface area contributed by atoms with Crippen LogP contribution in [-0.4, -0.2) is 4.98 Å². The van der Waals surface area contributed by atoms with Crippen molar-refractivity contribution in [1.29, 1.82) is 5.26 Å². The maximum absolute atomic E-state index is 8.28. The van der Waals surface area contributed by atoms with Crippen LogP contribution in [0.1, 0.15) is 5.69 Å². The highest BCUT2D eigenvalue weighted by Crippen LogP contribution is 2.02. The number of nitriles is 1. The molecule has 0 aliphatic carbocycles. The fourth-order valence-electron chi connectivity index (χ4n) is 0.446. The first-order valence-corrected chi connectivity index (χ1v) is 2.77. The van der Waals surface area contributed by atoms with Gasteiger partial charge in [0.1, 0.15) is 11.8 Å². The number of rotatable bonds is 0. The predicted octanol–water partition coefficient (Wildman–Crippen LogP) is 1.51. The van der Waals surface area contributed by atoms with Gasteiger partial charge in [0.15, 0.2) is 0 Å². The second-order valence-electron chi connectivity index (χ2n) is 1.49. The molecule has 43 valence electrons. The minimum atomic E-state index is 0.406. The van der Waals surface area contributed by atoms with Gasteiger partial charge in [-0.05, 0) is 12.1 Å². The largest absolute Gasteiger partial charge is 0.244 e. The summed E-state index contributed by atoms with van der Waals surface area (Å²) in [5.41, 5.74) is 0.406. The number of hydrogen-bond acceptors (Lipinski definition) is 2. The van der Waals surface area contributed by atoms with Gasteiger partial charge in [-0.3, -0.25) is 0 Å². The summed E-state index contributed by atoms with van der Waals surface area (Å²) in [4.78, 5) is 4.39. The van der Waals surface area contributed by atoms with Gasteiger partial charge in [0.05, 0.1) is 4.90 Å². The van der Waals surface area contributed by atoms with E-state index in [4.69, 9.17) is 17.9 Å². The van der Waals surface area contributed by atoms with E-state index < -0.39 is 0 Å². The molecule has 1 aromatic rings. The molecular formula is C6H3N2S. The molecule has 0 aliphatic heterocycles. The van der Waals surface area contributed by atoms with Crippen molar-refractivity contribution in [1.82, 2.24) is 4.98 Å². The highest BCUT2D eigenvalue weighted by Gasteiger charge is 1.88. The first-order chi connectivity index (χ1) is 4.33. The summed E-state index contributed by atoms with van der Waals surface area (Å²) in [6.07, 6.45) is 1.49. The van der Waals surface area contributed by atoms with Crippen molar-refractivity contribution in [3.05, 3.63) is 24.0 Å². The maximum Gasteiger partial charge on any atom is 0.140 e. The average Bonchev–Trinajstić information content (AvgIpc) is 1.90. The van der Waals surface area contributed by atoms with Crippen molar-refractivity contribution >= 4 is 12.6 Å². The summed E-state index contributed by atoms with van der Waals surface area (Å²) >= 11 is 4.75. The van der Waals surface area contributed by atoms with Crippen molar-refractivity contribution in [3.8, 4) is 6.07 Å². The molecule has 0 bridgehead atoms. The number of pyridine rings is 1. The monoisotopic (exact) mass is 135 g/mol. The first-order valence-electron chi connectivity index (χ1n) is 2.36. The number of aromatic nitrogens is 1. The average molecular weight is 135 g/mol. The zero-order valence-corrected chi connectivity index (χ0v) is 5.35. The third kappa shape index (κ3) is 1.37. The van der Waals surface area contributed by atoms with Crippen LogP contribution >= 0.6 is 12.6 Å². The first kappa shape index (κ1) is 5.99. The Morgan fingerprint density at radius 1 is 1.56 bits per heavy atom. The molecule has 2 nitrogen and oxygen atoms in total. The molecule has 9 heavy (non-hydrogen) atoms. The standard InChI is InChI=1S/C6H3N2S/c7-3-5-1-2-6(9)4-8-5/h1-2,4H. The van der Waals surface area contributed by atoms with Crippen molar-refractivity contribution in [3.63, 3.8) is 0 Å². The number of hydrogen-bond donors (Lipinski definition) is 0. The Hall–Kier alpha value is -1.14. The quantitative estimate of drug-likeness (QED) is 0.540. The molecule has 1 aromatic heterocycles. The van der Waals surface area contributed by atoms with Crippen LogP contribution < -0.4 is 0 Å². The van der Waals surface area contributed by atoms with Crippen LogP contribution in [0.3, 0.4) is 0 Å². The Labute approximate surface area is 58.6 Å². The molecule has 0 atom stereocenters. The molecule has 0 saturated carbocycles. The molecule has 1 heterocycles. The molecule has 1 radical (unpaired) electrons. The van der Waals surface area contributed by atoms with Gasteiger partial charge in [-0.15, -0.1) is 0 Å². The van der Waals surface area contributed by atoms with Crippen molar-refractivity contribution < 1.29 is 0 Å². The van der Waals surface area contributed by atoms with Crippen molar-refractivity contribution in [2.75, 3.05) is 0 Å².